The van der Waals surface area contributed by atoms with E-state index < -0.39 is 35.8 Å². The number of rotatable bonds is 5. The zero-order valence-electron chi connectivity index (χ0n) is 12.6. The van der Waals surface area contributed by atoms with Crippen LogP contribution in [0.25, 0.3) is 6.08 Å². The van der Waals surface area contributed by atoms with E-state index in [0.717, 1.165) is 4.57 Å². The van der Waals surface area contributed by atoms with Gasteiger partial charge in [0.2, 0.25) is 0 Å². The number of hydrogen-bond acceptors (Lipinski definition) is 7. The number of aromatic nitrogens is 2. The van der Waals surface area contributed by atoms with Crippen molar-refractivity contribution >= 4 is 12.2 Å². The molecule has 0 aliphatic carbocycles. The van der Waals surface area contributed by atoms with E-state index >= 15 is 0 Å². The van der Waals surface area contributed by atoms with Crippen LogP contribution in [0.5, 0.6) is 0 Å². The quantitative estimate of drug-likeness (QED) is 0.731. The topological polar surface area (TPSA) is 120 Å². The smallest absolute Gasteiger partial charge is 0.435 e. The Morgan fingerprint density at radius 2 is 2.30 bits per heavy atom. The average molecular weight is 326 g/mol. The number of aliphatic hydroxyl groups excluding tert-OH is 1. The second kappa shape index (κ2) is 7.25. The summed E-state index contributed by atoms with van der Waals surface area (Å²) in [5.74, 6) is 0. The Bertz CT molecular complexity index is 693. The molecular weight excluding hydrogens is 308 g/mol. The highest BCUT2D eigenvalue weighted by molar-refractivity contribution is 5.59. The Labute approximate surface area is 131 Å². The van der Waals surface area contributed by atoms with E-state index in [9.17, 15) is 19.5 Å². The number of carbonyl (C=O) groups excluding carboxylic acids is 1. The second-order valence-corrected chi connectivity index (χ2v) is 4.88. The Kier molecular flexibility index (Phi) is 5.35. The third-order valence-corrected chi connectivity index (χ3v) is 3.36. The highest BCUT2D eigenvalue weighted by atomic mass is 16.7. The van der Waals surface area contributed by atoms with Crippen LogP contribution in [0.2, 0.25) is 0 Å². The Morgan fingerprint density at radius 3 is 2.96 bits per heavy atom. The van der Waals surface area contributed by atoms with Crippen molar-refractivity contribution in [2.75, 3.05) is 13.2 Å². The number of hydrogen-bond donors (Lipinski definition) is 2. The summed E-state index contributed by atoms with van der Waals surface area (Å²) in [6, 6.07) is 0. The van der Waals surface area contributed by atoms with E-state index in [4.69, 9.17) is 9.47 Å². The van der Waals surface area contributed by atoms with Gasteiger partial charge in [-0.2, -0.15) is 0 Å². The fourth-order valence-electron chi connectivity index (χ4n) is 2.21. The zero-order valence-corrected chi connectivity index (χ0v) is 12.6. The van der Waals surface area contributed by atoms with Gasteiger partial charge in [0.05, 0.1) is 18.3 Å². The molecular formula is C14H18N2O7. The first-order valence-electron chi connectivity index (χ1n) is 7.07. The maximum Gasteiger partial charge on any atom is 0.508 e. The highest BCUT2D eigenvalue weighted by Crippen LogP contribution is 2.27. The van der Waals surface area contributed by atoms with Gasteiger partial charge in [-0.25, -0.2) is 9.59 Å². The van der Waals surface area contributed by atoms with Crippen LogP contribution in [0, 0.1) is 0 Å². The fraction of sp³-hybridized carbons (Fsp3) is 0.500. The number of aromatic amines is 1. The number of carbonyl (C=O) groups is 1. The number of ether oxygens (including phenoxy) is 3. The third kappa shape index (κ3) is 3.88. The molecule has 23 heavy (non-hydrogen) atoms. The SMILES string of the molecule is C=Cc1cn([C@H]2C[C@H](O)[C@@H](COC(=O)OCC)O2)c(=O)[nH]c1=O. The molecule has 9 heteroatoms. The molecule has 0 radical (unpaired) electrons. The van der Waals surface area contributed by atoms with Gasteiger partial charge in [0.25, 0.3) is 5.56 Å². The van der Waals surface area contributed by atoms with Crippen molar-refractivity contribution < 1.29 is 24.1 Å². The third-order valence-electron chi connectivity index (χ3n) is 3.36. The minimum atomic E-state index is -0.930. The van der Waals surface area contributed by atoms with Crippen molar-refractivity contribution in [2.24, 2.45) is 0 Å². The van der Waals surface area contributed by atoms with Gasteiger partial charge >= 0.3 is 11.8 Å². The van der Waals surface area contributed by atoms with Gasteiger partial charge in [0.15, 0.2) is 0 Å². The predicted octanol–water partition coefficient (Wildman–Crippen LogP) is 0.00110. The standard InChI is InChI=1S/C14H18N2O7/c1-3-8-6-16(13(19)15-12(8)18)11-5-9(17)10(23-11)7-22-14(20)21-4-2/h3,6,9-11,17H,1,4-5,7H2,2H3,(H,15,18,19)/t9-,10+,11+/m0/s1. The monoisotopic (exact) mass is 326 g/mol. The zero-order chi connectivity index (χ0) is 17.0. The molecule has 0 aromatic carbocycles. The first-order valence-corrected chi connectivity index (χ1v) is 7.07. The summed E-state index contributed by atoms with van der Waals surface area (Å²) in [5, 5.41) is 9.97. The van der Waals surface area contributed by atoms with Gasteiger partial charge in [-0.05, 0) is 6.92 Å². The number of nitrogens with one attached hydrogen (secondary N) is 1. The normalized spacial score (nSPS) is 23.5. The van der Waals surface area contributed by atoms with Crippen molar-refractivity contribution in [3.63, 3.8) is 0 Å². The molecule has 1 aromatic rings. The summed E-state index contributed by atoms with van der Waals surface area (Å²) in [6.07, 6.45) is -0.650. The van der Waals surface area contributed by atoms with Crippen LogP contribution in [0.1, 0.15) is 25.1 Å². The molecule has 1 fully saturated rings. The van der Waals surface area contributed by atoms with Crippen LogP contribution in [0.15, 0.2) is 22.4 Å². The molecule has 1 aliphatic heterocycles. The minimum absolute atomic E-state index is 0.111. The molecule has 1 saturated heterocycles. The summed E-state index contributed by atoms with van der Waals surface area (Å²) in [5.41, 5.74) is -1.01. The molecule has 3 atom stereocenters. The molecule has 2 N–H and O–H groups in total. The van der Waals surface area contributed by atoms with Crippen LogP contribution in [-0.4, -0.2) is 46.2 Å². The molecule has 0 amide bonds. The molecule has 0 saturated carbocycles. The summed E-state index contributed by atoms with van der Waals surface area (Å²) in [4.78, 5) is 36.7. The summed E-state index contributed by atoms with van der Waals surface area (Å²) in [6.45, 7) is 5.09. The lowest BCUT2D eigenvalue weighted by Gasteiger charge is -2.16. The Morgan fingerprint density at radius 1 is 1.57 bits per heavy atom. The van der Waals surface area contributed by atoms with Crippen molar-refractivity contribution in [3.05, 3.63) is 39.2 Å². The van der Waals surface area contributed by atoms with E-state index in [1.54, 1.807) is 6.92 Å². The van der Waals surface area contributed by atoms with Crippen LogP contribution >= 0.6 is 0 Å². The van der Waals surface area contributed by atoms with Gasteiger partial charge in [0.1, 0.15) is 18.9 Å². The Balaban J connectivity index is 2.09. The lowest BCUT2D eigenvalue weighted by molar-refractivity contribution is -0.0583. The van der Waals surface area contributed by atoms with Gasteiger partial charge in [-0.15, -0.1) is 0 Å². The molecule has 9 nitrogen and oxygen atoms in total. The minimum Gasteiger partial charge on any atom is -0.435 e. The lowest BCUT2D eigenvalue weighted by Crippen LogP contribution is -2.33. The molecule has 1 aliphatic rings. The van der Waals surface area contributed by atoms with E-state index in [1.807, 2.05) is 0 Å². The van der Waals surface area contributed by atoms with Gasteiger partial charge < -0.3 is 19.3 Å². The van der Waals surface area contributed by atoms with E-state index in [-0.39, 0.29) is 25.2 Å². The number of H-pyrrole nitrogens is 1. The van der Waals surface area contributed by atoms with Crippen LogP contribution in [0.3, 0.4) is 0 Å². The van der Waals surface area contributed by atoms with Gasteiger partial charge in [-0.3, -0.25) is 14.3 Å². The van der Waals surface area contributed by atoms with Crippen LogP contribution in [0.4, 0.5) is 4.79 Å². The van der Waals surface area contributed by atoms with Crippen molar-refractivity contribution in [2.45, 2.75) is 31.8 Å². The average Bonchev–Trinajstić information content (AvgIpc) is 2.86. The molecule has 0 spiro atoms. The summed E-state index contributed by atoms with van der Waals surface area (Å²) >= 11 is 0. The van der Waals surface area contributed by atoms with Crippen molar-refractivity contribution in [1.82, 2.24) is 9.55 Å². The summed E-state index contributed by atoms with van der Waals surface area (Å²) in [7, 11) is 0. The lowest BCUT2D eigenvalue weighted by atomic mass is 10.2. The molecule has 126 valence electrons. The molecule has 0 bridgehead atoms. The molecule has 2 heterocycles. The second-order valence-electron chi connectivity index (χ2n) is 4.88. The van der Waals surface area contributed by atoms with E-state index in [1.165, 1.54) is 12.3 Å². The predicted molar refractivity (Wildman–Crippen MR) is 78.9 cm³/mol. The molecule has 1 aromatic heterocycles. The fourth-order valence-corrected chi connectivity index (χ4v) is 2.21. The number of aliphatic hydroxyl groups is 1. The van der Waals surface area contributed by atoms with Crippen molar-refractivity contribution in [3.8, 4) is 0 Å². The van der Waals surface area contributed by atoms with Gasteiger partial charge in [0, 0.05) is 12.6 Å². The van der Waals surface area contributed by atoms with Crippen LogP contribution in [-0.2, 0) is 14.2 Å². The number of nitrogens with zero attached hydrogens (tertiary/aromatic N) is 1. The maximum absolute atomic E-state index is 11.9. The highest BCUT2D eigenvalue weighted by Gasteiger charge is 2.36. The van der Waals surface area contributed by atoms with Crippen molar-refractivity contribution in [1.29, 1.82) is 0 Å². The molecule has 0 unspecified atom stereocenters. The maximum atomic E-state index is 11.9. The molecule has 2 rings (SSSR count). The Hall–Kier alpha value is -2.39. The van der Waals surface area contributed by atoms with E-state index in [2.05, 4.69) is 16.3 Å². The largest absolute Gasteiger partial charge is 0.508 e. The van der Waals surface area contributed by atoms with E-state index in [0.29, 0.717) is 0 Å². The van der Waals surface area contributed by atoms with Gasteiger partial charge in [-0.1, -0.05) is 12.7 Å². The van der Waals surface area contributed by atoms with Crippen LogP contribution < -0.4 is 11.2 Å². The summed E-state index contributed by atoms with van der Waals surface area (Å²) < 4.78 is 16.1. The first-order chi connectivity index (χ1) is 11.0. The first kappa shape index (κ1) is 17.0.